The molecule has 0 aromatic rings. The van der Waals surface area contributed by atoms with Crippen LogP contribution in [0.1, 0.15) is 51.4 Å². The highest BCUT2D eigenvalue weighted by atomic mass is 14.9. The molecule has 1 heteroatoms. The number of nitrogens with one attached hydrogen (secondary N) is 1. The minimum Gasteiger partial charge on any atom is -0.316 e. The second-order valence-corrected chi connectivity index (χ2v) is 6.22. The van der Waals surface area contributed by atoms with Crippen molar-refractivity contribution < 1.29 is 0 Å². The standard InChI is InChI=1S/C14H25N/c1(2-11-3-4-11)7-15-10-14-9-12-5-6-13(14)8-12/h11-15H,1-10H2. The summed E-state index contributed by atoms with van der Waals surface area (Å²) >= 11 is 0. The Balaban J connectivity index is 1.26. The largest absolute Gasteiger partial charge is 0.316 e. The van der Waals surface area contributed by atoms with Crippen LogP contribution in [0.4, 0.5) is 0 Å². The van der Waals surface area contributed by atoms with E-state index >= 15 is 0 Å². The lowest BCUT2D eigenvalue weighted by molar-refractivity contribution is 0.318. The van der Waals surface area contributed by atoms with E-state index in [-0.39, 0.29) is 0 Å². The summed E-state index contributed by atoms with van der Waals surface area (Å²) in [7, 11) is 0. The van der Waals surface area contributed by atoms with Gasteiger partial charge >= 0.3 is 0 Å². The maximum atomic E-state index is 3.70. The van der Waals surface area contributed by atoms with Crippen molar-refractivity contribution in [3.8, 4) is 0 Å². The van der Waals surface area contributed by atoms with Crippen molar-refractivity contribution in [3.63, 3.8) is 0 Å². The first-order chi connectivity index (χ1) is 7.42. The predicted octanol–water partition coefficient (Wildman–Crippen LogP) is 3.20. The van der Waals surface area contributed by atoms with Gasteiger partial charge in [0, 0.05) is 0 Å². The molecule has 3 unspecified atom stereocenters. The molecule has 3 atom stereocenters. The third-order valence-corrected chi connectivity index (χ3v) is 4.95. The normalized spacial score (nSPS) is 38.8. The van der Waals surface area contributed by atoms with E-state index in [4.69, 9.17) is 0 Å². The maximum absolute atomic E-state index is 3.70. The Morgan fingerprint density at radius 3 is 2.60 bits per heavy atom. The minimum absolute atomic E-state index is 1.05. The van der Waals surface area contributed by atoms with Gasteiger partial charge in [-0.05, 0) is 68.9 Å². The van der Waals surface area contributed by atoms with E-state index in [1.165, 1.54) is 38.8 Å². The fraction of sp³-hybridized carbons (Fsp3) is 1.00. The molecular weight excluding hydrogens is 182 g/mol. The van der Waals surface area contributed by atoms with Gasteiger partial charge in [0.2, 0.25) is 0 Å². The van der Waals surface area contributed by atoms with Gasteiger partial charge in [0.1, 0.15) is 0 Å². The molecule has 3 fully saturated rings. The second kappa shape index (κ2) is 4.45. The highest BCUT2D eigenvalue weighted by molar-refractivity contribution is 4.90. The monoisotopic (exact) mass is 207 g/mol. The quantitative estimate of drug-likeness (QED) is 0.660. The zero-order valence-electron chi connectivity index (χ0n) is 9.88. The third-order valence-electron chi connectivity index (χ3n) is 4.95. The molecule has 0 aromatic heterocycles. The van der Waals surface area contributed by atoms with Crippen LogP contribution in [0.3, 0.4) is 0 Å². The number of rotatable bonds is 6. The summed E-state index contributed by atoms with van der Waals surface area (Å²) < 4.78 is 0. The van der Waals surface area contributed by atoms with Crippen molar-refractivity contribution in [1.82, 2.24) is 5.32 Å². The third kappa shape index (κ3) is 2.55. The van der Waals surface area contributed by atoms with E-state index in [1.807, 2.05) is 0 Å². The summed E-state index contributed by atoms with van der Waals surface area (Å²) in [5, 5.41) is 3.70. The minimum atomic E-state index is 1.05. The molecule has 0 amide bonds. The molecule has 0 aromatic carbocycles. The zero-order chi connectivity index (χ0) is 10.1. The molecule has 0 spiro atoms. The first-order valence-electron chi connectivity index (χ1n) is 7.12. The van der Waals surface area contributed by atoms with E-state index in [1.54, 1.807) is 25.7 Å². The van der Waals surface area contributed by atoms with Crippen molar-refractivity contribution in [1.29, 1.82) is 0 Å². The van der Waals surface area contributed by atoms with Crippen LogP contribution in [-0.2, 0) is 0 Å². The van der Waals surface area contributed by atoms with Crippen molar-refractivity contribution in [3.05, 3.63) is 0 Å². The Morgan fingerprint density at radius 2 is 1.93 bits per heavy atom. The van der Waals surface area contributed by atoms with Crippen molar-refractivity contribution in [2.45, 2.75) is 51.4 Å². The number of hydrogen-bond acceptors (Lipinski definition) is 1. The lowest BCUT2D eigenvalue weighted by atomic mass is 9.89. The van der Waals surface area contributed by atoms with Gasteiger partial charge in [-0.15, -0.1) is 0 Å². The summed E-state index contributed by atoms with van der Waals surface area (Å²) in [6, 6.07) is 0. The summed E-state index contributed by atoms with van der Waals surface area (Å²) in [5.74, 6) is 4.39. The molecule has 3 aliphatic rings. The van der Waals surface area contributed by atoms with E-state index in [9.17, 15) is 0 Å². The fourth-order valence-electron chi connectivity index (χ4n) is 3.84. The Morgan fingerprint density at radius 1 is 1.00 bits per heavy atom. The molecule has 0 radical (unpaired) electrons. The molecular formula is C14H25N. The van der Waals surface area contributed by atoms with Gasteiger partial charge in [0.25, 0.3) is 0 Å². The predicted molar refractivity (Wildman–Crippen MR) is 63.8 cm³/mol. The van der Waals surface area contributed by atoms with Gasteiger partial charge in [-0.2, -0.15) is 0 Å². The van der Waals surface area contributed by atoms with E-state index in [2.05, 4.69) is 5.32 Å². The topological polar surface area (TPSA) is 12.0 Å². The Kier molecular flexibility index (Phi) is 3.01. The van der Waals surface area contributed by atoms with Crippen molar-refractivity contribution >= 4 is 0 Å². The van der Waals surface area contributed by atoms with Crippen LogP contribution in [0.15, 0.2) is 0 Å². The second-order valence-electron chi connectivity index (χ2n) is 6.22. The maximum Gasteiger partial charge on any atom is -0.00178 e. The fourth-order valence-corrected chi connectivity index (χ4v) is 3.84. The van der Waals surface area contributed by atoms with Gasteiger partial charge in [0.15, 0.2) is 0 Å². The molecule has 3 saturated carbocycles. The van der Waals surface area contributed by atoms with Crippen LogP contribution in [0, 0.1) is 23.7 Å². The van der Waals surface area contributed by atoms with Gasteiger partial charge in [-0.25, -0.2) is 0 Å². The summed E-state index contributed by atoms with van der Waals surface area (Å²) in [4.78, 5) is 0. The summed E-state index contributed by atoms with van der Waals surface area (Å²) in [6.45, 7) is 2.61. The van der Waals surface area contributed by atoms with Crippen molar-refractivity contribution in [2.24, 2.45) is 23.7 Å². The molecule has 2 bridgehead atoms. The average molecular weight is 207 g/mol. The molecule has 0 saturated heterocycles. The van der Waals surface area contributed by atoms with Crippen LogP contribution in [-0.4, -0.2) is 13.1 Å². The molecule has 86 valence electrons. The van der Waals surface area contributed by atoms with E-state index in [0.717, 1.165) is 23.7 Å². The van der Waals surface area contributed by atoms with Crippen LogP contribution >= 0.6 is 0 Å². The van der Waals surface area contributed by atoms with E-state index in [0.29, 0.717) is 0 Å². The van der Waals surface area contributed by atoms with Gasteiger partial charge in [0.05, 0.1) is 0 Å². The molecule has 3 aliphatic carbocycles. The molecule has 0 aliphatic heterocycles. The zero-order valence-corrected chi connectivity index (χ0v) is 9.88. The van der Waals surface area contributed by atoms with Gasteiger partial charge in [-0.1, -0.05) is 19.3 Å². The lowest BCUT2D eigenvalue weighted by Gasteiger charge is -2.21. The van der Waals surface area contributed by atoms with Crippen molar-refractivity contribution in [2.75, 3.05) is 13.1 Å². The summed E-state index contributed by atoms with van der Waals surface area (Å²) in [5.41, 5.74) is 0. The smallest absolute Gasteiger partial charge is 0.00178 e. The SMILES string of the molecule is C(CNCC1CC2CCC1C2)CC1CC1. The highest BCUT2D eigenvalue weighted by Crippen LogP contribution is 2.47. The Bertz CT molecular complexity index is 209. The van der Waals surface area contributed by atoms with Gasteiger partial charge in [-0.3, -0.25) is 0 Å². The molecule has 1 N–H and O–H groups in total. The molecule has 0 heterocycles. The number of hydrogen-bond donors (Lipinski definition) is 1. The number of fused-ring (bicyclic) bond motifs is 2. The van der Waals surface area contributed by atoms with Crippen LogP contribution in [0.5, 0.6) is 0 Å². The summed E-state index contributed by atoms with van der Waals surface area (Å²) in [6.07, 6.45) is 12.1. The molecule has 3 rings (SSSR count). The highest BCUT2D eigenvalue weighted by Gasteiger charge is 2.38. The van der Waals surface area contributed by atoms with Gasteiger partial charge < -0.3 is 5.32 Å². The van der Waals surface area contributed by atoms with E-state index < -0.39 is 0 Å². The van der Waals surface area contributed by atoms with Crippen LogP contribution in [0.25, 0.3) is 0 Å². The first-order valence-corrected chi connectivity index (χ1v) is 7.12. The lowest BCUT2D eigenvalue weighted by Crippen LogP contribution is -2.27. The Labute approximate surface area is 94.0 Å². The van der Waals surface area contributed by atoms with Crippen LogP contribution < -0.4 is 5.32 Å². The average Bonchev–Trinajstić information content (AvgIpc) is 2.84. The Hall–Kier alpha value is -0.0400. The molecule has 1 nitrogen and oxygen atoms in total. The molecule has 15 heavy (non-hydrogen) atoms. The first kappa shape index (κ1) is 10.1. The van der Waals surface area contributed by atoms with Crippen LogP contribution in [0.2, 0.25) is 0 Å².